The first kappa shape index (κ1) is 24.4. The number of aliphatic imine (C=N–C) groups is 1. The van der Waals surface area contributed by atoms with E-state index in [1.165, 1.54) is 10.6 Å². The van der Waals surface area contributed by atoms with Crippen LogP contribution < -0.4 is 10.6 Å². The lowest BCUT2D eigenvalue weighted by Crippen LogP contribution is -2.39. The summed E-state index contributed by atoms with van der Waals surface area (Å²) in [4.78, 5) is 8.62. The fourth-order valence-electron chi connectivity index (χ4n) is 2.52. The number of nitrogens with one attached hydrogen (secondary N) is 2. The third-order valence-electron chi connectivity index (χ3n) is 3.93. The Bertz CT molecular complexity index is 840. The zero-order valence-electron chi connectivity index (χ0n) is 16.4. The molecule has 2 aromatic rings. The average molecular weight is 521 g/mol. The van der Waals surface area contributed by atoms with Gasteiger partial charge in [0.2, 0.25) is 15.9 Å². The molecular weight excluding hydrogens is 493 g/mol. The number of guanidine groups is 1. The van der Waals surface area contributed by atoms with E-state index in [0.29, 0.717) is 44.5 Å². The van der Waals surface area contributed by atoms with Crippen LogP contribution in [0.4, 0.5) is 0 Å². The van der Waals surface area contributed by atoms with E-state index in [4.69, 9.17) is 4.42 Å². The molecular formula is C18H28IN5O3S. The molecule has 0 fully saturated rings. The van der Waals surface area contributed by atoms with E-state index < -0.39 is 10.0 Å². The molecule has 0 radical (unpaired) electrons. The largest absolute Gasteiger partial charge is 0.444 e. The maximum absolute atomic E-state index is 11.6. The summed E-state index contributed by atoms with van der Waals surface area (Å²) in [5.41, 5.74) is 1.70. The lowest BCUT2D eigenvalue weighted by atomic mass is 10.2. The van der Waals surface area contributed by atoms with Gasteiger partial charge in [0.15, 0.2) is 5.96 Å². The lowest BCUT2D eigenvalue weighted by molar-refractivity contribution is 0.424. The molecule has 0 saturated heterocycles. The average Bonchev–Trinajstić information content (AvgIpc) is 3.13. The number of aromatic nitrogens is 1. The van der Waals surface area contributed by atoms with Crippen molar-refractivity contribution in [1.82, 2.24) is 19.9 Å². The molecule has 0 atom stereocenters. The van der Waals surface area contributed by atoms with Gasteiger partial charge >= 0.3 is 0 Å². The van der Waals surface area contributed by atoms with Crippen LogP contribution in [0.2, 0.25) is 0 Å². The van der Waals surface area contributed by atoms with Crippen LogP contribution in [0.1, 0.15) is 19.0 Å². The summed E-state index contributed by atoms with van der Waals surface area (Å²) in [6.07, 6.45) is 3.53. The van der Waals surface area contributed by atoms with Crippen LogP contribution >= 0.6 is 24.0 Å². The fourth-order valence-corrected chi connectivity index (χ4v) is 3.45. The van der Waals surface area contributed by atoms with Crippen molar-refractivity contribution in [3.8, 4) is 11.5 Å². The van der Waals surface area contributed by atoms with Crippen LogP contribution in [0, 0.1) is 0 Å². The van der Waals surface area contributed by atoms with E-state index in [1.807, 2.05) is 37.3 Å². The molecule has 0 unspecified atom stereocenters. The molecule has 0 amide bonds. The predicted molar refractivity (Wildman–Crippen MR) is 122 cm³/mol. The van der Waals surface area contributed by atoms with Crippen molar-refractivity contribution < 1.29 is 12.8 Å². The van der Waals surface area contributed by atoms with Gasteiger partial charge in [-0.3, -0.25) is 4.99 Å². The lowest BCUT2D eigenvalue weighted by Gasteiger charge is -2.18. The summed E-state index contributed by atoms with van der Waals surface area (Å²) < 4.78 is 30.1. The minimum atomic E-state index is -3.15. The number of benzene rings is 1. The predicted octanol–water partition coefficient (Wildman–Crippen LogP) is 2.30. The molecule has 1 aromatic heterocycles. The maximum Gasteiger partial charge on any atom is 0.226 e. The molecule has 0 bridgehead atoms. The molecule has 0 aliphatic heterocycles. The van der Waals surface area contributed by atoms with E-state index in [1.54, 1.807) is 13.3 Å². The molecule has 28 heavy (non-hydrogen) atoms. The molecule has 156 valence electrons. The SMILES string of the molecule is CCN(CCCNC(=NC)NCc1coc(-c2ccccc2)n1)S(C)(=O)=O.I. The number of sulfonamides is 1. The second-order valence-corrected chi connectivity index (χ2v) is 7.95. The third kappa shape index (κ3) is 7.76. The quantitative estimate of drug-likeness (QED) is 0.228. The van der Waals surface area contributed by atoms with Crippen LogP contribution in [-0.2, 0) is 16.6 Å². The highest BCUT2D eigenvalue weighted by Crippen LogP contribution is 2.17. The smallest absolute Gasteiger partial charge is 0.226 e. The molecule has 0 aliphatic rings. The highest BCUT2D eigenvalue weighted by atomic mass is 127. The number of oxazole rings is 1. The van der Waals surface area contributed by atoms with E-state index >= 15 is 0 Å². The summed E-state index contributed by atoms with van der Waals surface area (Å²) in [5, 5.41) is 6.34. The Morgan fingerprint density at radius 2 is 1.96 bits per heavy atom. The molecule has 0 saturated carbocycles. The van der Waals surface area contributed by atoms with E-state index in [9.17, 15) is 8.42 Å². The minimum absolute atomic E-state index is 0. The zero-order chi connectivity index (χ0) is 19.7. The van der Waals surface area contributed by atoms with Crippen LogP contribution in [-0.4, -0.2) is 56.6 Å². The van der Waals surface area contributed by atoms with Crippen molar-refractivity contribution in [3.05, 3.63) is 42.3 Å². The Labute approximate surface area is 183 Å². The topological polar surface area (TPSA) is 99.8 Å². The van der Waals surface area contributed by atoms with E-state index in [-0.39, 0.29) is 24.0 Å². The molecule has 0 spiro atoms. The molecule has 0 aliphatic carbocycles. The summed E-state index contributed by atoms with van der Waals surface area (Å²) in [6.45, 7) is 3.86. The fraction of sp³-hybridized carbons (Fsp3) is 0.444. The summed E-state index contributed by atoms with van der Waals surface area (Å²) in [7, 11) is -1.46. The third-order valence-corrected chi connectivity index (χ3v) is 5.31. The van der Waals surface area contributed by atoms with Crippen LogP contribution in [0.25, 0.3) is 11.5 Å². The Balaban J connectivity index is 0.00000392. The van der Waals surface area contributed by atoms with Crippen molar-refractivity contribution in [1.29, 1.82) is 0 Å². The van der Waals surface area contributed by atoms with E-state index in [0.717, 1.165) is 11.3 Å². The summed E-state index contributed by atoms with van der Waals surface area (Å²) in [5.74, 6) is 1.21. The standard InChI is InChI=1S/C18H27N5O3S.HI/c1-4-23(27(3,24)25)12-8-11-20-18(19-2)21-13-16-14-26-17(22-16)15-9-6-5-7-10-15;/h5-7,9-10,14H,4,8,11-13H2,1-3H3,(H2,19,20,21);1H. The van der Waals surface area contributed by atoms with Gasteiger partial charge in [0, 0.05) is 32.2 Å². The second kappa shape index (κ2) is 12.0. The molecule has 2 N–H and O–H groups in total. The summed E-state index contributed by atoms with van der Waals surface area (Å²) >= 11 is 0. The molecule has 10 heteroatoms. The normalized spacial score (nSPS) is 11.9. The van der Waals surface area contributed by atoms with Crippen molar-refractivity contribution in [2.24, 2.45) is 4.99 Å². The number of hydrogen-bond donors (Lipinski definition) is 2. The highest BCUT2D eigenvalue weighted by molar-refractivity contribution is 14.0. The maximum atomic E-state index is 11.6. The van der Waals surface area contributed by atoms with E-state index in [2.05, 4.69) is 20.6 Å². The first-order valence-electron chi connectivity index (χ1n) is 8.83. The first-order chi connectivity index (χ1) is 12.9. The second-order valence-electron chi connectivity index (χ2n) is 5.97. The van der Waals surface area contributed by atoms with Gasteiger partial charge in [-0.1, -0.05) is 25.1 Å². The van der Waals surface area contributed by atoms with Gasteiger partial charge < -0.3 is 15.1 Å². The number of rotatable bonds is 9. The number of nitrogens with zero attached hydrogens (tertiary/aromatic N) is 3. The monoisotopic (exact) mass is 521 g/mol. The van der Waals surface area contributed by atoms with Gasteiger partial charge in [-0.25, -0.2) is 17.7 Å². The number of hydrogen-bond acceptors (Lipinski definition) is 5. The molecule has 8 nitrogen and oxygen atoms in total. The molecule has 2 rings (SSSR count). The Hall–Kier alpha value is -1.66. The zero-order valence-corrected chi connectivity index (χ0v) is 19.5. The van der Waals surface area contributed by atoms with Crippen molar-refractivity contribution in [2.45, 2.75) is 19.9 Å². The van der Waals surface area contributed by atoms with Crippen molar-refractivity contribution in [2.75, 3.05) is 32.9 Å². The summed E-state index contributed by atoms with van der Waals surface area (Å²) in [6, 6.07) is 9.71. The highest BCUT2D eigenvalue weighted by Gasteiger charge is 2.13. The van der Waals surface area contributed by atoms with Gasteiger partial charge in [0.1, 0.15) is 6.26 Å². The van der Waals surface area contributed by atoms with Gasteiger partial charge in [0.25, 0.3) is 0 Å². The van der Waals surface area contributed by atoms with Gasteiger partial charge in [0.05, 0.1) is 18.5 Å². The van der Waals surface area contributed by atoms with Crippen LogP contribution in [0.5, 0.6) is 0 Å². The minimum Gasteiger partial charge on any atom is -0.444 e. The molecule has 1 aromatic carbocycles. The molecule has 1 heterocycles. The number of halogens is 1. The first-order valence-corrected chi connectivity index (χ1v) is 10.7. The Morgan fingerprint density at radius 3 is 2.57 bits per heavy atom. The van der Waals surface area contributed by atoms with Crippen molar-refractivity contribution in [3.63, 3.8) is 0 Å². The van der Waals surface area contributed by atoms with Gasteiger partial charge in [-0.05, 0) is 18.6 Å². The van der Waals surface area contributed by atoms with Crippen LogP contribution in [0.3, 0.4) is 0 Å². The Morgan fingerprint density at radius 1 is 1.25 bits per heavy atom. The van der Waals surface area contributed by atoms with Crippen LogP contribution in [0.15, 0.2) is 46.0 Å². The van der Waals surface area contributed by atoms with Crippen molar-refractivity contribution >= 4 is 40.0 Å². The van der Waals surface area contributed by atoms with Gasteiger partial charge in [-0.2, -0.15) is 0 Å². The van der Waals surface area contributed by atoms with Gasteiger partial charge in [-0.15, -0.1) is 24.0 Å². The Kier molecular flexibility index (Phi) is 10.5.